The first kappa shape index (κ1) is 22.3. The van der Waals surface area contributed by atoms with Crippen molar-refractivity contribution in [3.8, 4) is 5.69 Å². The maximum Gasteiger partial charge on any atom is 0.261 e. The molecule has 7 nitrogen and oxygen atoms in total. The zero-order valence-electron chi connectivity index (χ0n) is 18.1. The number of carbonyl (C=O) groups is 1. The molecule has 8 heteroatoms. The first-order chi connectivity index (χ1) is 15.9. The molecule has 0 spiro atoms. The van der Waals surface area contributed by atoms with Crippen LogP contribution in [0.1, 0.15) is 21.5 Å². The van der Waals surface area contributed by atoms with Crippen molar-refractivity contribution in [3.63, 3.8) is 0 Å². The van der Waals surface area contributed by atoms with Gasteiger partial charge in [-0.2, -0.15) is 5.10 Å². The molecule has 3 aromatic carbocycles. The molecule has 0 saturated carbocycles. The van der Waals surface area contributed by atoms with Crippen LogP contribution >= 0.6 is 0 Å². The van der Waals surface area contributed by atoms with E-state index in [1.165, 1.54) is 12.1 Å². The van der Waals surface area contributed by atoms with Crippen molar-refractivity contribution in [2.24, 2.45) is 0 Å². The van der Waals surface area contributed by atoms with Crippen molar-refractivity contribution in [1.82, 2.24) is 15.1 Å². The Kier molecular flexibility index (Phi) is 6.55. The first-order valence-electron chi connectivity index (χ1n) is 10.5. The fraction of sp³-hybridized carbons (Fsp3) is 0.120. The topological polar surface area (TPSA) is 93.1 Å². The zero-order chi connectivity index (χ0) is 23.3. The molecular weight excluding hydrogens is 436 g/mol. The number of sulfonamides is 1. The summed E-state index contributed by atoms with van der Waals surface area (Å²) in [5.41, 5.74) is 3.72. The number of nitrogens with zero attached hydrogens (tertiary/aromatic N) is 2. The molecule has 1 heterocycles. The Morgan fingerprint density at radius 2 is 1.73 bits per heavy atom. The van der Waals surface area contributed by atoms with Gasteiger partial charge in [-0.1, -0.05) is 42.0 Å². The second-order valence-corrected chi connectivity index (χ2v) is 9.32. The molecule has 4 aromatic rings. The van der Waals surface area contributed by atoms with Crippen LogP contribution < -0.4 is 10.0 Å². The van der Waals surface area contributed by atoms with Crippen molar-refractivity contribution in [2.75, 3.05) is 11.3 Å². The lowest BCUT2D eigenvalue weighted by Gasteiger charge is -2.10. The number of aromatic nitrogens is 2. The van der Waals surface area contributed by atoms with Crippen LogP contribution in [0.4, 0.5) is 5.69 Å². The van der Waals surface area contributed by atoms with E-state index in [0.29, 0.717) is 18.7 Å². The SMILES string of the molecule is Cc1ccc(NS(=O)(=O)c2cccc(C(=O)NCCc3cnn(-c4ccccc4)c3)c2)cc1. The highest BCUT2D eigenvalue weighted by Gasteiger charge is 2.16. The number of para-hydroxylation sites is 1. The highest BCUT2D eigenvalue weighted by atomic mass is 32.2. The summed E-state index contributed by atoms with van der Waals surface area (Å²) >= 11 is 0. The lowest BCUT2D eigenvalue weighted by Crippen LogP contribution is -2.26. The van der Waals surface area contributed by atoms with Crippen LogP contribution in [0.5, 0.6) is 0 Å². The van der Waals surface area contributed by atoms with Gasteiger partial charge in [-0.05, 0) is 61.4 Å². The largest absolute Gasteiger partial charge is 0.352 e. The van der Waals surface area contributed by atoms with Crippen LogP contribution in [-0.2, 0) is 16.4 Å². The number of nitrogens with one attached hydrogen (secondary N) is 2. The number of carbonyl (C=O) groups excluding carboxylic acids is 1. The van der Waals surface area contributed by atoms with E-state index in [-0.39, 0.29) is 16.4 Å². The molecule has 1 amide bonds. The van der Waals surface area contributed by atoms with Crippen LogP contribution in [0.3, 0.4) is 0 Å². The minimum absolute atomic E-state index is 0.0277. The third-order valence-electron chi connectivity index (χ3n) is 5.07. The van der Waals surface area contributed by atoms with Crippen molar-refractivity contribution >= 4 is 21.6 Å². The molecule has 0 bridgehead atoms. The molecule has 4 rings (SSSR count). The first-order valence-corrected chi connectivity index (χ1v) is 12.0. The molecule has 1 aromatic heterocycles. The normalized spacial score (nSPS) is 11.2. The molecule has 2 N–H and O–H groups in total. The van der Waals surface area contributed by atoms with Crippen molar-refractivity contribution in [3.05, 3.63) is 108 Å². The lowest BCUT2D eigenvalue weighted by atomic mass is 10.2. The molecule has 0 fully saturated rings. The summed E-state index contributed by atoms with van der Waals surface area (Å²) < 4.78 is 29.8. The Morgan fingerprint density at radius 3 is 2.48 bits per heavy atom. The third-order valence-corrected chi connectivity index (χ3v) is 6.45. The second-order valence-electron chi connectivity index (χ2n) is 7.63. The average molecular weight is 461 g/mol. The van der Waals surface area contributed by atoms with E-state index in [1.807, 2.05) is 55.6 Å². The lowest BCUT2D eigenvalue weighted by molar-refractivity contribution is 0.0954. The number of anilines is 1. The van der Waals surface area contributed by atoms with E-state index >= 15 is 0 Å². The molecule has 0 atom stereocenters. The Morgan fingerprint density at radius 1 is 0.970 bits per heavy atom. The van der Waals surface area contributed by atoms with Crippen LogP contribution in [0, 0.1) is 6.92 Å². The second kappa shape index (κ2) is 9.70. The van der Waals surface area contributed by atoms with Gasteiger partial charge in [0, 0.05) is 24.0 Å². The number of aryl methyl sites for hydroxylation is 1. The predicted molar refractivity (Wildman–Crippen MR) is 128 cm³/mol. The molecule has 0 aliphatic heterocycles. The summed E-state index contributed by atoms with van der Waals surface area (Å²) in [5.74, 6) is -0.335. The number of amides is 1. The maximum absolute atomic E-state index is 12.7. The number of rotatable bonds is 8. The predicted octanol–water partition coefficient (Wildman–Crippen LogP) is 3.95. The van der Waals surface area contributed by atoms with Gasteiger partial charge >= 0.3 is 0 Å². The van der Waals surface area contributed by atoms with Gasteiger partial charge in [0.15, 0.2) is 0 Å². The van der Waals surface area contributed by atoms with Gasteiger partial charge in [-0.15, -0.1) is 0 Å². The standard InChI is InChI=1S/C25H24N4O3S/c1-19-10-12-22(13-11-19)28-33(31,32)24-9-5-6-21(16-24)25(30)26-15-14-20-17-27-29(18-20)23-7-3-2-4-8-23/h2-13,16-18,28H,14-15H2,1H3,(H,26,30). The van der Waals surface area contributed by atoms with Crippen LogP contribution in [0.15, 0.2) is 96.2 Å². The van der Waals surface area contributed by atoms with E-state index < -0.39 is 10.0 Å². The highest BCUT2D eigenvalue weighted by molar-refractivity contribution is 7.92. The summed E-state index contributed by atoms with van der Waals surface area (Å²) in [6.07, 6.45) is 4.29. The van der Waals surface area contributed by atoms with Crippen LogP contribution in [0.2, 0.25) is 0 Å². The Balaban J connectivity index is 1.37. The monoisotopic (exact) mass is 460 g/mol. The van der Waals surface area contributed by atoms with E-state index in [4.69, 9.17) is 0 Å². The summed E-state index contributed by atoms with van der Waals surface area (Å²) in [7, 11) is -3.81. The molecule has 0 aliphatic carbocycles. The number of hydrogen-bond acceptors (Lipinski definition) is 4. The summed E-state index contributed by atoms with van der Waals surface area (Å²) in [4.78, 5) is 12.6. The molecule has 0 radical (unpaired) electrons. The van der Waals surface area contributed by atoms with E-state index in [1.54, 1.807) is 35.1 Å². The fourth-order valence-corrected chi connectivity index (χ4v) is 4.38. The smallest absolute Gasteiger partial charge is 0.261 e. The van der Waals surface area contributed by atoms with Gasteiger partial charge < -0.3 is 5.32 Å². The molecule has 168 valence electrons. The van der Waals surface area contributed by atoms with E-state index in [2.05, 4.69) is 15.1 Å². The minimum Gasteiger partial charge on any atom is -0.352 e. The number of hydrogen-bond donors (Lipinski definition) is 2. The van der Waals surface area contributed by atoms with Gasteiger partial charge in [0.2, 0.25) is 0 Å². The van der Waals surface area contributed by atoms with Crippen LogP contribution in [0.25, 0.3) is 5.69 Å². The molecular formula is C25H24N4O3S. The molecule has 0 saturated heterocycles. The Hall–Kier alpha value is -3.91. The summed E-state index contributed by atoms with van der Waals surface area (Å²) in [6.45, 7) is 2.33. The van der Waals surface area contributed by atoms with Gasteiger partial charge in [0.25, 0.3) is 15.9 Å². The maximum atomic E-state index is 12.7. The Labute approximate surface area is 193 Å². The van der Waals surface area contributed by atoms with Gasteiger partial charge in [-0.3, -0.25) is 9.52 Å². The van der Waals surface area contributed by atoms with Gasteiger partial charge in [-0.25, -0.2) is 13.1 Å². The zero-order valence-corrected chi connectivity index (χ0v) is 18.9. The molecule has 0 aliphatic rings. The van der Waals surface area contributed by atoms with Crippen molar-refractivity contribution < 1.29 is 13.2 Å². The molecule has 0 unspecified atom stereocenters. The fourth-order valence-electron chi connectivity index (χ4n) is 3.27. The third kappa shape index (κ3) is 5.67. The van der Waals surface area contributed by atoms with Gasteiger partial charge in [0.05, 0.1) is 16.8 Å². The number of benzene rings is 3. The molecule has 33 heavy (non-hydrogen) atoms. The van der Waals surface area contributed by atoms with Gasteiger partial charge in [0.1, 0.15) is 0 Å². The highest BCUT2D eigenvalue weighted by Crippen LogP contribution is 2.18. The minimum atomic E-state index is -3.81. The average Bonchev–Trinajstić information content (AvgIpc) is 3.30. The Bertz CT molecular complexity index is 1350. The van der Waals surface area contributed by atoms with Crippen LogP contribution in [-0.4, -0.2) is 30.7 Å². The van der Waals surface area contributed by atoms with E-state index in [9.17, 15) is 13.2 Å². The summed E-state index contributed by atoms with van der Waals surface area (Å²) in [6, 6.07) is 22.8. The quantitative estimate of drug-likeness (QED) is 0.416. The van der Waals surface area contributed by atoms with Crippen molar-refractivity contribution in [2.45, 2.75) is 18.2 Å². The van der Waals surface area contributed by atoms with E-state index in [0.717, 1.165) is 16.8 Å². The van der Waals surface area contributed by atoms with Crippen molar-refractivity contribution in [1.29, 1.82) is 0 Å². The summed E-state index contributed by atoms with van der Waals surface area (Å²) in [5, 5.41) is 7.19.